The summed E-state index contributed by atoms with van der Waals surface area (Å²) in [6.07, 6.45) is 1.80. The zero-order valence-corrected chi connectivity index (χ0v) is 28.1. The second-order valence-corrected chi connectivity index (χ2v) is 12.5. The number of allylic oxidation sites excluding steroid dienone is 1. The molecular formula is C36H31BrN2O6S. The van der Waals surface area contributed by atoms with Crippen LogP contribution in [-0.2, 0) is 16.1 Å². The molecule has 46 heavy (non-hydrogen) atoms. The van der Waals surface area contributed by atoms with Crippen molar-refractivity contribution in [2.45, 2.75) is 26.5 Å². The summed E-state index contributed by atoms with van der Waals surface area (Å²) in [4.78, 5) is 33.0. The van der Waals surface area contributed by atoms with Crippen molar-refractivity contribution in [3.63, 3.8) is 0 Å². The van der Waals surface area contributed by atoms with Gasteiger partial charge in [-0.2, -0.15) is 0 Å². The number of carbonyl (C=O) groups excluding carboxylic acids is 1. The van der Waals surface area contributed by atoms with Crippen LogP contribution in [0.3, 0.4) is 0 Å². The molecule has 8 nitrogen and oxygen atoms in total. The summed E-state index contributed by atoms with van der Waals surface area (Å²) in [7, 11) is 3.16. The lowest BCUT2D eigenvalue weighted by molar-refractivity contribution is -0.139. The average Bonchev–Trinajstić information content (AvgIpc) is 3.37. The Kier molecular flexibility index (Phi) is 9.10. The van der Waals surface area contributed by atoms with E-state index in [2.05, 4.69) is 15.9 Å². The van der Waals surface area contributed by atoms with Crippen LogP contribution in [0.1, 0.15) is 36.6 Å². The van der Waals surface area contributed by atoms with Gasteiger partial charge in [0, 0.05) is 10.0 Å². The van der Waals surface area contributed by atoms with E-state index in [9.17, 15) is 9.59 Å². The van der Waals surface area contributed by atoms with Crippen molar-refractivity contribution in [2.24, 2.45) is 4.99 Å². The van der Waals surface area contributed by atoms with E-state index in [-0.39, 0.29) is 12.2 Å². The van der Waals surface area contributed by atoms with Crippen molar-refractivity contribution >= 4 is 50.1 Å². The van der Waals surface area contributed by atoms with Crippen molar-refractivity contribution in [1.29, 1.82) is 0 Å². The number of esters is 1. The number of methoxy groups -OCH3 is 2. The zero-order valence-electron chi connectivity index (χ0n) is 25.7. The van der Waals surface area contributed by atoms with Gasteiger partial charge in [-0.15, -0.1) is 0 Å². The molecule has 0 amide bonds. The summed E-state index contributed by atoms with van der Waals surface area (Å²) in [6, 6.07) is 24.3. The lowest BCUT2D eigenvalue weighted by Gasteiger charge is -2.27. The van der Waals surface area contributed by atoms with Gasteiger partial charge < -0.3 is 18.9 Å². The first kappa shape index (κ1) is 31.3. The number of rotatable bonds is 9. The molecule has 0 aliphatic carbocycles. The maximum Gasteiger partial charge on any atom is 0.338 e. The van der Waals surface area contributed by atoms with E-state index >= 15 is 0 Å². The molecule has 0 bridgehead atoms. The lowest BCUT2D eigenvalue weighted by atomic mass is 9.90. The number of thiazole rings is 1. The van der Waals surface area contributed by atoms with Crippen LogP contribution in [0.5, 0.6) is 17.2 Å². The highest BCUT2D eigenvalue weighted by Crippen LogP contribution is 2.40. The van der Waals surface area contributed by atoms with Crippen LogP contribution in [0.2, 0.25) is 0 Å². The maximum atomic E-state index is 14.3. The van der Waals surface area contributed by atoms with Gasteiger partial charge in [-0.25, -0.2) is 9.79 Å². The van der Waals surface area contributed by atoms with Gasteiger partial charge in [0.15, 0.2) is 16.3 Å². The van der Waals surface area contributed by atoms with Crippen molar-refractivity contribution in [1.82, 2.24) is 4.57 Å². The summed E-state index contributed by atoms with van der Waals surface area (Å²) < 4.78 is 26.0. The van der Waals surface area contributed by atoms with Gasteiger partial charge >= 0.3 is 5.97 Å². The van der Waals surface area contributed by atoms with Gasteiger partial charge in [0.1, 0.15) is 18.4 Å². The Morgan fingerprint density at radius 1 is 0.978 bits per heavy atom. The number of ether oxygens (including phenoxy) is 4. The predicted octanol–water partition coefficient (Wildman–Crippen LogP) is 6.31. The molecular weight excluding hydrogens is 668 g/mol. The largest absolute Gasteiger partial charge is 0.496 e. The quantitative estimate of drug-likeness (QED) is 0.168. The fourth-order valence-electron chi connectivity index (χ4n) is 5.59. The smallest absolute Gasteiger partial charge is 0.338 e. The molecule has 234 valence electrons. The summed E-state index contributed by atoms with van der Waals surface area (Å²) in [6.45, 7) is 4.08. The molecule has 1 aliphatic rings. The molecule has 0 fully saturated rings. The average molecular weight is 700 g/mol. The zero-order chi connectivity index (χ0) is 32.4. The van der Waals surface area contributed by atoms with Crippen LogP contribution in [0.4, 0.5) is 0 Å². The summed E-state index contributed by atoms with van der Waals surface area (Å²) in [5, 5.41) is 1.81. The second kappa shape index (κ2) is 13.4. The lowest BCUT2D eigenvalue weighted by Crippen LogP contribution is -2.40. The highest BCUT2D eigenvalue weighted by atomic mass is 79.9. The summed E-state index contributed by atoms with van der Waals surface area (Å²) in [5.74, 6) is 1.15. The van der Waals surface area contributed by atoms with E-state index in [1.807, 2.05) is 78.9 Å². The number of hydrogen-bond acceptors (Lipinski definition) is 8. The van der Waals surface area contributed by atoms with E-state index in [1.165, 1.54) is 11.3 Å². The molecule has 0 saturated heterocycles. The minimum atomic E-state index is -0.817. The molecule has 0 unspecified atom stereocenters. The van der Waals surface area contributed by atoms with E-state index in [4.69, 9.17) is 23.9 Å². The highest BCUT2D eigenvalue weighted by molar-refractivity contribution is 9.10. The van der Waals surface area contributed by atoms with Crippen molar-refractivity contribution < 1.29 is 23.7 Å². The molecule has 10 heteroatoms. The van der Waals surface area contributed by atoms with E-state index in [1.54, 1.807) is 38.7 Å². The molecule has 0 radical (unpaired) electrons. The maximum absolute atomic E-state index is 14.3. The van der Waals surface area contributed by atoms with Crippen molar-refractivity contribution in [3.05, 3.63) is 131 Å². The Labute approximate surface area is 278 Å². The van der Waals surface area contributed by atoms with Crippen LogP contribution < -0.4 is 29.1 Å². The Bertz CT molecular complexity index is 2170. The molecule has 0 saturated carbocycles. The van der Waals surface area contributed by atoms with Crippen molar-refractivity contribution in [2.75, 3.05) is 20.8 Å². The summed E-state index contributed by atoms with van der Waals surface area (Å²) >= 11 is 4.71. The van der Waals surface area contributed by atoms with E-state index < -0.39 is 12.0 Å². The standard InChI is InChI=1S/C36H31BrN2O6S/c1-5-44-35(41)31-21(2)38-36-39(33(31)32-26-9-7-6-8-24(26)13-17-28(32)42-3)34(40)30(46-36)19-23-12-16-27(29(18-23)43-4)45-20-22-10-14-25(37)15-11-22/h6-19,33H,5,20H2,1-4H3/b30-19-/t33-/m0/s1. The minimum absolute atomic E-state index is 0.185. The third-order valence-corrected chi connectivity index (χ3v) is 9.25. The van der Waals surface area contributed by atoms with E-state index in [0.717, 1.165) is 26.4 Å². The first-order valence-electron chi connectivity index (χ1n) is 14.6. The Hall–Kier alpha value is -4.67. The first-order chi connectivity index (χ1) is 22.3. The molecule has 1 atom stereocenters. The third kappa shape index (κ3) is 5.98. The molecule has 5 aromatic rings. The van der Waals surface area contributed by atoms with E-state index in [0.29, 0.717) is 50.0 Å². The first-order valence-corrected chi connectivity index (χ1v) is 16.2. The fourth-order valence-corrected chi connectivity index (χ4v) is 6.90. The topological polar surface area (TPSA) is 88.4 Å². The fraction of sp³-hybridized carbons (Fsp3) is 0.194. The monoisotopic (exact) mass is 698 g/mol. The van der Waals surface area contributed by atoms with Crippen LogP contribution in [0.25, 0.3) is 16.8 Å². The minimum Gasteiger partial charge on any atom is -0.496 e. The van der Waals surface area contributed by atoms with Gasteiger partial charge in [-0.05, 0) is 72.2 Å². The molecule has 4 aromatic carbocycles. The Balaban J connectivity index is 1.47. The third-order valence-electron chi connectivity index (χ3n) is 7.73. The van der Waals surface area contributed by atoms with Crippen LogP contribution in [-0.4, -0.2) is 31.4 Å². The Morgan fingerprint density at radius 2 is 1.72 bits per heavy atom. The highest BCUT2D eigenvalue weighted by Gasteiger charge is 2.36. The number of halogens is 1. The van der Waals surface area contributed by atoms with Gasteiger partial charge in [-0.3, -0.25) is 9.36 Å². The molecule has 1 aliphatic heterocycles. The SMILES string of the molecule is CCOC(=O)C1=C(C)N=c2s/c(=C\c3ccc(OCc4ccc(Br)cc4)c(OC)c3)c(=O)n2[C@@H]1c1c(OC)ccc2ccccc12. The molecule has 0 N–H and O–H groups in total. The number of fused-ring (bicyclic) bond motifs is 2. The number of hydrogen-bond donors (Lipinski definition) is 0. The number of carbonyl (C=O) groups is 1. The number of benzene rings is 4. The number of nitrogens with zero attached hydrogens (tertiary/aromatic N) is 2. The van der Waals surface area contributed by atoms with Gasteiger partial charge in [0.05, 0.1) is 36.6 Å². The molecule has 0 spiro atoms. The Morgan fingerprint density at radius 3 is 2.46 bits per heavy atom. The van der Waals surface area contributed by atoms with Crippen LogP contribution in [0.15, 0.2) is 104 Å². The van der Waals surface area contributed by atoms with Crippen molar-refractivity contribution in [3.8, 4) is 17.2 Å². The van der Waals surface area contributed by atoms with Gasteiger partial charge in [-0.1, -0.05) is 75.8 Å². The summed E-state index contributed by atoms with van der Waals surface area (Å²) in [5.41, 5.74) is 2.96. The molecule has 6 rings (SSSR count). The van der Waals surface area contributed by atoms with Gasteiger partial charge in [0.2, 0.25) is 0 Å². The molecule has 2 heterocycles. The molecule has 1 aromatic heterocycles. The second-order valence-electron chi connectivity index (χ2n) is 10.5. The number of aromatic nitrogens is 1. The van der Waals surface area contributed by atoms with Crippen LogP contribution >= 0.6 is 27.3 Å². The van der Waals surface area contributed by atoms with Crippen LogP contribution in [0, 0.1) is 0 Å². The predicted molar refractivity (Wildman–Crippen MR) is 182 cm³/mol. The normalized spacial score (nSPS) is 14.5. The van der Waals surface area contributed by atoms with Gasteiger partial charge in [0.25, 0.3) is 5.56 Å².